The fraction of sp³-hybridized carbons (Fsp3) is 0.500. The van der Waals surface area contributed by atoms with Crippen molar-refractivity contribution < 1.29 is 13.5 Å². The summed E-state index contributed by atoms with van der Waals surface area (Å²) in [6.45, 7) is 3.37. The van der Waals surface area contributed by atoms with Crippen LogP contribution in [-0.2, 0) is 6.42 Å². The second kappa shape index (κ2) is 4.68. The van der Waals surface area contributed by atoms with Crippen molar-refractivity contribution >= 4 is 0 Å². The van der Waals surface area contributed by atoms with Gasteiger partial charge in [0.25, 0.3) is 0 Å². The molecule has 2 atom stereocenters. The zero-order valence-corrected chi connectivity index (χ0v) is 10.7. The molecule has 1 aliphatic heterocycles. The molecule has 1 heterocycles. The fourth-order valence-corrected chi connectivity index (χ4v) is 2.30. The van der Waals surface area contributed by atoms with E-state index in [9.17, 15) is 8.78 Å². The Balaban J connectivity index is 2.48. The van der Waals surface area contributed by atoms with E-state index in [0.717, 1.165) is 6.07 Å². The SMILES string of the molecule is CC(N)c1c(F)c(F)cc2c1OC(C)(CN=[N+]=[N-])C2. The molecular formula is C12H14F2N4O. The summed E-state index contributed by atoms with van der Waals surface area (Å²) in [6, 6.07) is 0.420. The molecule has 2 unspecified atom stereocenters. The number of azide groups is 1. The Morgan fingerprint density at radius 2 is 2.32 bits per heavy atom. The molecule has 19 heavy (non-hydrogen) atoms. The first-order chi connectivity index (χ1) is 8.88. The fourth-order valence-electron chi connectivity index (χ4n) is 2.30. The van der Waals surface area contributed by atoms with Gasteiger partial charge < -0.3 is 10.5 Å². The number of fused-ring (bicyclic) bond motifs is 1. The predicted octanol–water partition coefficient (Wildman–Crippen LogP) is 2.99. The maximum Gasteiger partial charge on any atom is 0.167 e. The van der Waals surface area contributed by atoms with Crippen LogP contribution >= 0.6 is 0 Å². The summed E-state index contributed by atoms with van der Waals surface area (Å²) in [5.41, 5.74) is 13.8. The van der Waals surface area contributed by atoms with Gasteiger partial charge in [-0.1, -0.05) is 5.11 Å². The number of nitrogens with two attached hydrogens (primary N) is 1. The molecule has 0 fully saturated rings. The lowest BCUT2D eigenvalue weighted by Gasteiger charge is -2.22. The van der Waals surface area contributed by atoms with Crippen molar-refractivity contribution in [2.75, 3.05) is 6.54 Å². The van der Waals surface area contributed by atoms with Crippen LogP contribution in [0.1, 0.15) is 31.0 Å². The topological polar surface area (TPSA) is 84.0 Å². The van der Waals surface area contributed by atoms with Gasteiger partial charge in [0.2, 0.25) is 0 Å². The standard InChI is InChI=1S/C12H14F2N4O/c1-6(15)9-10(14)8(13)3-7-4-12(2,5-17-18-16)19-11(7)9/h3,6H,4-5,15H2,1-2H3. The van der Waals surface area contributed by atoms with Crippen LogP contribution in [0.4, 0.5) is 8.78 Å². The van der Waals surface area contributed by atoms with Crippen molar-refractivity contribution in [3.63, 3.8) is 0 Å². The van der Waals surface area contributed by atoms with Gasteiger partial charge in [-0.3, -0.25) is 0 Å². The molecule has 0 bridgehead atoms. The summed E-state index contributed by atoms with van der Waals surface area (Å²) in [7, 11) is 0. The van der Waals surface area contributed by atoms with Crippen molar-refractivity contribution in [2.24, 2.45) is 10.8 Å². The van der Waals surface area contributed by atoms with Gasteiger partial charge in [0.1, 0.15) is 11.4 Å². The number of ether oxygens (including phenoxy) is 1. The first kappa shape index (κ1) is 13.6. The van der Waals surface area contributed by atoms with Crippen molar-refractivity contribution in [1.29, 1.82) is 0 Å². The van der Waals surface area contributed by atoms with E-state index in [1.807, 2.05) is 0 Å². The monoisotopic (exact) mass is 268 g/mol. The minimum absolute atomic E-state index is 0.0275. The van der Waals surface area contributed by atoms with Crippen LogP contribution < -0.4 is 10.5 Å². The van der Waals surface area contributed by atoms with E-state index in [4.69, 9.17) is 16.0 Å². The Hall–Kier alpha value is -1.85. The Labute approximate surface area is 109 Å². The highest BCUT2D eigenvalue weighted by atomic mass is 19.2. The maximum absolute atomic E-state index is 13.8. The van der Waals surface area contributed by atoms with Crippen molar-refractivity contribution in [1.82, 2.24) is 0 Å². The third-order valence-electron chi connectivity index (χ3n) is 3.12. The summed E-state index contributed by atoms with van der Waals surface area (Å²) in [5.74, 6) is -1.66. The van der Waals surface area contributed by atoms with E-state index in [1.165, 1.54) is 0 Å². The summed E-state index contributed by atoms with van der Waals surface area (Å²) in [4.78, 5) is 2.67. The molecule has 0 saturated carbocycles. The van der Waals surface area contributed by atoms with Crippen LogP contribution in [0, 0.1) is 11.6 Å². The van der Waals surface area contributed by atoms with E-state index < -0.39 is 23.3 Å². The molecule has 0 radical (unpaired) electrons. The quantitative estimate of drug-likeness (QED) is 0.519. The molecule has 1 aliphatic rings. The van der Waals surface area contributed by atoms with Gasteiger partial charge in [-0.05, 0) is 25.4 Å². The summed E-state index contributed by atoms with van der Waals surface area (Å²) in [6.07, 6.45) is 0.346. The first-order valence-electron chi connectivity index (χ1n) is 5.84. The zero-order valence-electron chi connectivity index (χ0n) is 10.7. The highest BCUT2D eigenvalue weighted by Crippen LogP contribution is 2.42. The number of halogens is 2. The van der Waals surface area contributed by atoms with Crippen LogP contribution in [0.2, 0.25) is 0 Å². The van der Waals surface area contributed by atoms with E-state index in [-0.39, 0.29) is 17.9 Å². The first-order valence-corrected chi connectivity index (χ1v) is 5.84. The normalized spacial score (nSPS) is 22.4. The van der Waals surface area contributed by atoms with Gasteiger partial charge in [0, 0.05) is 28.5 Å². The van der Waals surface area contributed by atoms with Gasteiger partial charge in [-0.15, -0.1) is 0 Å². The third-order valence-corrected chi connectivity index (χ3v) is 3.12. The smallest absolute Gasteiger partial charge is 0.167 e. The molecule has 0 saturated heterocycles. The molecule has 102 valence electrons. The molecule has 1 aromatic carbocycles. The lowest BCUT2D eigenvalue weighted by molar-refractivity contribution is 0.124. The van der Waals surface area contributed by atoms with Gasteiger partial charge in [0.15, 0.2) is 11.6 Å². The van der Waals surface area contributed by atoms with E-state index >= 15 is 0 Å². The van der Waals surface area contributed by atoms with Crippen molar-refractivity contribution in [2.45, 2.75) is 31.9 Å². The van der Waals surface area contributed by atoms with Crippen molar-refractivity contribution in [3.8, 4) is 5.75 Å². The van der Waals surface area contributed by atoms with E-state index in [1.54, 1.807) is 13.8 Å². The molecule has 5 nitrogen and oxygen atoms in total. The second-order valence-electron chi connectivity index (χ2n) is 4.98. The van der Waals surface area contributed by atoms with E-state index in [0.29, 0.717) is 12.0 Å². The molecule has 1 aromatic rings. The molecule has 2 rings (SSSR count). The molecule has 0 amide bonds. The van der Waals surface area contributed by atoms with Gasteiger partial charge in [0.05, 0.1) is 6.54 Å². The summed E-state index contributed by atoms with van der Waals surface area (Å²) >= 11 is 0. The summed E-state index contributed by atoms with van der Waals surface area (Å²) in [5, 5.41) is 3.46. The molecule has 2 N–H and O–H groups in total. The molecule has 0 aliphatic carbocycles. The lowest BCUT2D eigenvalue weighted by atomic mass is 9.97. The minimum Gasteiger partial charge on any atom is -0.486 e. The van der Waals surface area contributed by atoms with Crippen molar-refractivity contribution in [3.05, 3.63) is 39.3 Å². The number of nitrogens with zero attached hydrogens (tertiary/aromatic N) is 3. The Morgan fingerprint density at radius 1 is 1.63 bits per heavy atom. The average Bonchev–Trinajstić information content (AvgIpc) is 2.64. The molecule has 7 heteroatoms. The predicted molar refractivity (Wildman–Crippen MR) is 65.7 cm³/mol. The highest BCUT2D eigenvalue weighted by Gasteiger charge is 2.38. The van der Waals surface area contributed by atoms with Crippen LogP contribution in [0.25, 0.3) is 10.4 Å². The maximum atomic E-state index is 13.8. The summed E-state index contributed by atoms with van der Waals surface area (Å²) < 4.78 is 33.0. The van der Waals surface area contributed by atoms with Crippen LogP contribution in [0.5, 0.6) is 5.75 Å². The van der Waals surface area contributed by atoms with Gasteiger partial charge in [-0.2, -0.15) is 0 Å². The Kier molecular flexibility index (Phi) is 3.34. The average molecular weight is 268 g/mol. The van der Waals surface area contributed by atoms with E-state index in [2.05, 4.69) is 10.0 Å². The zero-order chi connectivity index (χ0) is 14.2. The molecule has 0 spiro atoms. The number of rotatable bonds is 3. The van der Waals surface area contributed by atoms with Crippen LogP contribution in [0.3, 0.4) is 0 Å². The Morgan fingerprint density at radius 3 is 2.89 bits per heavy atom. The number of hydrogen-bond acceptors (Lipinski definition) is 3. The third kappa shape index (κ3) is 2.34. The molecule has 0 aromatic heterocycles. The van der Waals surface area contributed by atoms with Crippen LogP contribution in [-0.4, -0.2) is 12.1 Å². The largest absolute Gasteiger partial charge is 0.486 e. The molecular weight excluding hydrogens is 254 g/mol. The second-order valence-corrected chi connectivity index (χ2v) is 4.98. The Bertz CT molecular complexity index is 569. The lowest BCUT2D eigenvalue weighted by Crippen LogP contribution is -2.33. The van der Waals surface area contributed by atoms with Gasteiger partial charge in [-0.25, -0.2) is 8.78 Å². The highest BCUT2D eigenvalue weighted by molar-refractivity contribution is 5.48. The number of hydrogen-bond donors (Lipinski definition) is 1. The number of benzene rings is 1. The van der Waals surface area contributed by atoms with Gasteiger partial charge >= 0.3 is 0 Å². The minimum atomic E-state index is -0.984. The van der Waals surface area contributed by atoms with Crippen LogP contribution in [0.15, 0.2) is 11.2 Å².